The molecule has 0 aliphatic carbocycles. The van der Waals surface area contributed by atoms with E-state index in [4.69, 9.17) is 4.74 Å². The first kappa shape index (κ1) is 20.4. The molecule has 2 heterocycles. The fraction of sp³-hybridized carbons (Fsp3) is 0.208. The van der Waals surface area contributed by atoms with E-state index in [9.17, 15) is 9.59 Å². The topological polar surface area (TPSA) is 83.6 Å². The number of pyridine rings is 1. The number of anilines is 2. The Morgan fingerprint density at radius 2 is 1.48 bits per heavy atom. The summed E-state index contributed by atoms with van der Waals surface area (Å²) in [7, 11) is 0. The molecule has 0 bridgehead atoms. The summed E-state index contributed by atoms with van der Waals surface area (Å²) in [4.78, 5) is 30.7. The monoisotopic (exact) mass is 416 g/mol. The van der Waals surface area contributed by atoms with E-state index in [1.54, 1.807) is 42.6 Å². The molecule has 0 spiro atoms. The summed E-state index contributed by atoms with van der Waals surface area (Å²) >= 11 is 0. The van der Waals surface area contributed by atoms with Crippen molar-refractivity contribution in [2.24, 2.45) is 0 Å². The van der Waals surface area contributed by atoms with Crippen LogP contribution >= 0.6 is 0 Å². The summed E-state index contributed by atoms with van der Waals surface area (Å²) in [5, 5.41) is 5.57. The first-order valence-corrected chi connectivity index (χ1v) is 10.2. The molecule has 1 saturated heterocycles. The highest BCUT2D eigenvalue weighted by molar-refractivity contribution is 5.99. The third-order valence-electron chi connectivity index (χ3n) is 5.00. The van der Waals surface area contributed by atoms with Crippen molar-refractivity contribution < 1.29 is 14.3 Å². The summed E-state index contributed by atoms with van der Waals surface area (Å²) in [6, 6.07) is 17.6. The number of rotatable bonds is 5. The molecule has 1 aromatic heterocycles. The van der Waals surface area contributed by atoms with E-state index in [0.29, 0.717) is 22.9 Å². The molecule has 7 nitrogen and oxygen atoms in total. The van der Waals surface area contributed by atoms with Gasteiger partial charge in [-0.05, 0) is 62.2 Å². The highest BCUT2D eigenvalue weighted by Gasteiger charge is 2.20. The molecule has 0 unspecified atom stereocenters. The lowest BCUT2D eigenvalue weighted by molar-refractivity contribution is 0.0786. The fourth-order valence-electron chi connectivity index (χ4n) is 3.35. The fourth-order valence-corrected chi connectivity index (χ4v) is 3.35. The number of aryl methyl sites for hydroxylation is 1. The van der Waals surface area contributed by atoms with Gasteiger partial charge in [-0.2, -0.15) is 0 Å². The number of carbonyl (C=O) groups excluding carboxylic acids is 2. The number of likely N-dealkylation sites (tertiary alicyclic amines) is 1. The minimum atomic E-state index is -0.322. The van der Waals surface area contributed by atoms with Crippen LogP contribution in [0.15, 0.2) is 66.9 Å². The van der Waals surface area contributed by atoms with Crippen molar-refractivity contribution in [2.75, 3.05) is 23.7 Å². The van der Waals surface area contributed by atoms with Gasteiger partial charge in [0.1, 0.15) is 17.2 Å². The molecule has 1 fully saturated rings. The largest absolute Gasteiger partial charge is 0.457 e. The molecule has 0 atom stereocenters. The van der Waals surface area contributed by atoms with Crippen LogP contribution in [0.1, 0.15) is 28.9 Å². The molecule has 3 aromatic rings. The highest BCUT2D eigenvalue weighted by atomic mass is 16.5. The van der Waals surface area contributed by atoms with Crippen LogP contribution in [-0.2, 0) is 0 Å². The quantitative estimate of drug-likeness (QED) is 0.609. The van der Waals surface area contributed by atoms with Gasteiger partial charge >= 0.3 is 6.03 Å². The van der Waals surface area contributed by atoms with Crippen molar-refractivity contribution in [1.29, 1.82) is 0 Å². The number of hydrogen-bond acceptors (Lipinski definition) is 4. The van der Waals surface area contributed by atoms with Gasteiger partial charge in [0.2, 0.25) is 0 Å². The van der Waals surface area contributed by atoms with Crippen molar-refractivity contribution in [1.82, 2.24) is 9.88 Å². The van der Waals surface area contributed by atoms with Crippen molar-refractivity contribution in [2.45, 2.75) is 19.8 Å². The summed E-state index contributed by atoms with van der Waals surface area (Å²) in [6.07, 6.45) is 3.64. The normalized spacial score (nSPS) is 13.0. The van der Waals surface area contributed by atoms with E-state index in [0.717, 1.165) is 37.2 Å². The Morgan fingerprint density at radius 3 is 2.13 bits per heavy atom. The minimum Gasteiger partial charge on any atom is -0.457 e. The Bertz CT molecular complexity index is 1060. The van der Waals surface area contributed by atoms with Gasteiger partial charge in [0.25, 0.3) is 5.91 Å². The van der Waals surface area contributed by atoms with Crippen LogP contribution in [0.25, 0.3) is 0 Å². The summed E-state index contributed by atoms with van der Waals surface area (Å²) in [5.41, 5.74) is 2.87. The zero-order chi connectivity index (χ0) is 21.6. The number of nitrogens with zero attached hydrogens (tertiary/aromatic N) is 2. The van der Waals surface area contributed by atoms with E-state index in [1.807, 2.05) is 36.1 Å². The zero-order valence-corrected chi connectivity index (χ0v) is 17.3. The molecule has 2 N–H and O–H groups in total. The molecular formula is C24H24N4O3. The van der Waals surface area contributed by atoms with Crippen LogP contribution in [-0.4, -0.2) is 34.9 Å². The molecule has 2 aromatic carbocycles. The van der Waals surface area contributed by atoms with Crippen LogP contribution in [0.5, 0.6) is 11.5 Å². The van der Waals surface area contributed by atoms with Gasteiger partial charge in [-0.1, -0.05) is 17.7 Å². The Balaban J connectivity index is 1.35. The predicted molar refractivity (Wildman–Crippen MR) is 120 cm³/mol. The van der Waals surface area contributed by atoms with Crippen LogP contribution < -0.4 is 15.4 Å². The zero-order valence-electron chi connectivity index (χ0n) is 17.3. The molecule has 1 aliphatic rings. The number of nitrogens with one attached hydrogen (secondary N) is 2. The van der Waals surface area contributed by atoms with Crippen LogP contribution in [0.4, 0.5) is 16.2 Å². The lowest BCUT2D eigenvalue weighted by Gasteiger charge is -2.15. The van der Waals surface area contributed by atoms with Crippen molar-refractivity contribution in [3.05, 3.63) is 78.1 Å². The Kier molecular flexibility index (Phi) is 6.12. The van der Waals surface area contributed by atoms with Crippen LogP contribution in [0, 0.1) is 6.92 Å². The van der Waals surface area contributed by atoms with Crippen LogP contribution in [0.2, 0.25) is 0 Å². The number of ether oxygens (including phenoxy) is 1. The van der Waals surface area contributed by atoms with Gasteiger partial charge < -0.3 is 20.3 Å². The maximum absolute atomic E-state index is 12.5. The minimum absolute atomic E-state index is 0.0675. The molecule has 3 amide bonds. The second-order valence-electron chi connectivity index (χ2n) is 7.45. The molecular weight excluding hydrogens is 392 g/mol. The van der Waals surface area contributed by atoms with Crippen LogP contribution in [0.3, 0.4) is 0 Å². The molecule has 1 aliphatic heterocycles. The standard InChI is InChI=1S/C24H24N4O3/c1-17-4-6-18(7-5-17)26-24(30)27-19-8-10-20(11-9-19)31-21-12-13-25-22(16-21)23(29)28-14-2-3-15-28/h4-13,16H,2-3,14-15H2,1H3,(H2,26,27,30). The molecule has 0 saturated carbocycles. The van der Waals surface area contributed by atoms with Crippen molar-refractivity contribution >= 4 is 23.3 Å². The second kappa shape index (κ2) is 9.30. The highest BCUT2D eigenvalue weighted by Crippen LogP contribution is 2.24. The Hall–Kier alpha value is -3.87. The first-order valence-electron chi connectivity index (χ1n) is 10.2. The number of amides is 3. The third-order valence-corrected chi connectivity index (χ3v) is 5.00. The maximum Gasteiger partial charge on any atom is 0.323 e. The second-order valence-corrected chi connectivity index (χ2v) is 7.45. The van der Waals surface area contributed by atoms with Gasteiger partial charge in [-0.3, -0.25) is 9.78 Å². The van der Waals surface area contributed by atoms with E-state index >= 15 is 0 Å². The van der Waals surface area contributed by atoms with Gasteiger partial charge in [0.15, 0.2) is 0 Å². The molecule has 7 heteroatoms. The van der Waals surface area contributed by atoms with Gasteiger partial charge in [-0.25, -0.2) is 4.79 Å². The molecule has 31 heavy (non-hydrogen) atoms. The molecule has 0 radical (unpaired) electrons. The van der Waals surface area contributed by atoms with Gasteiger partial charge in [0, 0.05) is 36.7 Å². The number of benzene rings is 2. The molecule has 158 valence electrons. The van der Waals surface area contributed by atoms with E-state index < -0.39 is 0 Å². The van der Waals surface area contributed by atoms with Crippen molar-refractivity contribution in [3.8, 4) is 11.5 Å². The van der Waals surface area contributed by atoms with Gasteiger partial charge in [0.05, 0.1) is 0 Å². The average Bonchev–Trinajstić information content (AvgIpc) is 3.31. The number of hydrogen-bond donors (Lipinski definition) is 2. The van der Waals surface area contributed by atoms with Crippen molar-refractivity contribution in [3.63, 3.8) is 0 Å². The predicted octanol–water partition coefficient (Wildman–Crippen LogP) is 5.06. The maximum atomic E-state index is 12.5. The Morgan fingerprint density at radius 1 is 0.871 bits per heavy atom. The third kappa shape index (κ3) is 5.39. The lowest BCUT2D eigenvalue weighted by atomic mass is 10.2. The summed E-state index contributed by atoms with van der Waals surface area (Å²) < 4.78 is 5.86. The Labute approximate surface area is 181 Å². The summed E-state index contributed by atoms with van der Waals surface area (Å²) in [5.74, 6) is 1.06. The lowest BCUT2D eigenvalue weighted by Crippen LogP contribution is -2.28. The van der Waals surface area contributed by atoms with E-state index in [1.165, 1.54) is 0 Å². The number of carbonyl (C=O) groups is 2. The van der Waals surface area contributed by atoms with E-state index in [-0.39, 0.29) is 11.9 Å². The summed E-state index contributed by atoms with van der Waals surface area (Å²) in [6.45, 7) is 3.54. The number of aromatic nitrogens is 1. The smallest absolute Gasteiger partial charge is 0.323 e. The van der Waals surface area contributed by atoms with E-state index in [2.05, 4.69) is 15.6 Å². The first-order chi connectivity index (χ1) is 15.1. The SMILES string of the molecule is Cc1ccc(NC(=O)Nc2ccc(Oc3ccnc(C(=O)N4CCCC4)c3)cc2)cc1. The number of urea groups is 1. The average molecular weight is 416 g/mol. The van der Waals surface area contributed by atoms with Gasteiger partial charge in [-0.15, -0.1) is 0 Å². The molecule has 4 rings (SSSR count).